The van der Waals surface area contributed by atoms with Crippen LogP contribution in [0, 0.1) is 11.8 Å². The van der Waals surface area contributed by atoms with Crippen molar-refractivity contribution in [1.29, 1.82) is 0 Å². The molecular weight excluding hydrogens is 340 g/mol. The van der Waals surface area contributed by atoms with Crippen molar-refractivity contribution in [1.82, 2.24) is 4.98 Å². The Labute approximate surface area is 162 Å². The second-order valence-corrected chi connectivity index (χ2v) is 7.89. The highest BCUT2D eigenvalue weighted by atomic mass is 16.5. The summed E-state index contributed by atoms with van der Waals surface area (Å²) in [6, 6.07) is 4.44. The van der Waals surface area contributed by atoms with E-state index in [1.165, 1.54) is 0 Å². The minimum atomic E-state index is 0.202. The number of aliphatic imine (C=N–C) groups is 2. The van der Waals surface area contributed by atoms with Gasteiger partial charge in [-0.15, -0.1) is 0 Å². The molecule has 1 aromatic heterocycles. The van der Waals surface area contributed by atoms with Crippen LogP contribution in [0.4, 0.5) is 5.69 Å². The minimum Gasteiger partial charge on any atom is -0.474 e. The van der Waals surface area contributed by atoms with Crippen LogP contribution in [-0.2, 0) is 9.47 Å². The average Bonchev–Trinajstić information content (AvgIpc) is 3.36. The van der Waals surface area contributed by atoms with Crippen LogP contribution in [0.1, 0.15) is 51.9 Å². The Morgan fingerprint density at radius 1 is 0.926 bits per heavy atom. The Kier molecular flexibility index (Phi) is 6.02. The van der Waals surface area contributed by atoms with Gasteiger partial charge in [-0.3, -0.25) is 0 Å². The van der Waals surface area contributed by atoms with E-state index in [1.54, 1.807) is 0 Å². The maximum Gasteiger partial charge on any atom is 0.235 e. The zero-order valence-electron chi connectivity index (χ0n) is 17.4. The van der Waals surface area contributed by atoms with E-state index in [-0.39, 0.29) is 12.1 Å². The van der Waals surface area contributed by atoms with Crippen LogP contribution in [0.25, 0.3) is 0 Å². The van der Waals surface area contributed by atoms with Gasteiger partial charge in [0, 0.05) is 19.8 Å². The molecule has 0 fully saturated rings. The lowest BCUT2D eigenvalue weighted by atomic mass is 10.0. The number of hydrogen-bond donors (Lipinski definition) is 0. The molecule has 3 heterocycles. The zero-order chi connectivity index (χ0) is 19.6. The summed E-state index contributed by atoms with van der Waals surface area (Å²) in [6.07, 6.45) is 2.17. The Balaban J connectivity index is 1.93. The quantitative estimate of drug-likeness (QED) is 0.735. The van der Waals surface area contributed by atoms with E-state index in [0.717, 1.165) is 29.9 Å². The fourth-order valence-corrected chi connectivity index (χ4v) is 3.18. The number of rotatable bonds is 7. The van der Waals surface area contributed by atoms with Crippen LogP contribution in [0.2, 0.25) is 0 Å². The smallest absolute Gasteiger partial charge is 0.235 e. The zero-order valence-corrected chi connectivity index (χ0v) is 17.4. The number of nitrogens with zero attached hydrogens (tertiary/aromatic N) is 4. The van der Waals surface area contributed by atoms with E-state index in [9.17, 15) is 0 Å². The van der Waals surface area contributed by atoms with Crippen LogP contribution in [0.15, 0.2) is 22.1 Å². The third kappa shape index (κ3) is 4.25. The normalized spacial score (nSPS) is 23.9. The first kappa shape index (κ1) is 19.6. The summed E-state index contributed by atoms with van der Waals surface area (Å²) < 4.78 is 11.8. The van der Waals surface area contributed by atoms with Gasteiger partial charge >= 0.3 is 0 Å². The molecule has 4 atom stereocenters. The lowest BCUT2D eigenvalue weighted by molar-refractivity contribution is 0.281. The molecule has 0 aromatic carbocycles. The molecule has 3 rings (SSSR count). The molecule has 0 N–H and O–H groups in total. The number of hydrogen-bond acceptors (Lipinski definition) is 6. The van der Waals surface area contributed by atoms with Crippen LogP contribution in [0.3, 0.4) is 0 Å². The summed E-state index contributed by atoms with van der Waals surface area (Å²) in [5, 5.41) is 0. The lowest BCUT2D eigenvalue weighted by Crippen LogP contribution is -2.16. The first-order chi connectivity index (χ1) is 12.9. The monoisotopic (exact) mass is 372 g/mol. The molecule has 6 heteroatoms. The Morgan fingerprint density at radius 2 is 1.37 bits per heavy atom. The second-order valence-electron chi connectivity index (χ2n) is 7.89. The van der Waals surface area contributed by atoms with Crippen molar-refractivity contribution in [2.75, 3.05) is 32.2 Å². The summed E-state index contributed by atoms with van der Waals surface area (Å²) >= 11 is 0. The Bertz CT molecular complexity index is 675. The molecule has 148 valence electrons. The molecule has 6 nitrogen and oxygen atoms in total. The van der Waals surface area contributed by atoms with E-state index in [4.69, 9.17) is 24.4 Å². The summed E-state index contributed by atoms with van der Waals surface area (Å²) in [5.41, 5.74) is 2.53. The van der Waals surface area contributed by atoms with Gasteiger partial charge in [0.05, 0.1) is 12.1 Å². The highest BCUT2D eigenvalue weighted by Gasteiger charge is 2.28. The molecule has 27 heavy (non-hydrogen) atoms. The molecule has 0 bridgehead atoms. The van der Waals surface area contributed by atoms with Crippen molar-refractivity contribution in [3.05, 3.63) is 23.5 Å². The van der Waals surface area contributed by atoms with Crippen LogP contribution in [0.5, 0.6) is 0 Å². The van der Waals surface area contributed by atoms with Gasteiger partial charge in [-0.1, -0.05) is 40.5 Å². The number of pyridine rings is 1. The standard InChI is InChI=1S/C21H32N4O2/c1-7-13(3)18-11-26-20(23-18)16-9-15(25(5)6)10-17(22-16)21-24-19(12-27-21)14(4)8-2/h9-10,13-14,18-19H,7-8,11-12H2,1-6H3/t13?,14?,18-,19-/m1/s1. The molecule has 0 saturated carbocycles. The minimum absolute atomic E-state index is 0.202. The van der Waals surface area contributed by atoms with Crippen molar-refractivity contribution in [2.24, 2.45) is 21.8 Å². The highest BCUT2D eigenvalue weighted by Crippen LogP contribution is 2.24. The largest absolute Gasteiger partial charge is 0.474 e. The van der Waals surface area contributed by atoms with E-state index in [1.807, 2.05) is 26.2 Å². The molecule has 0 radical (unpaired) electrons. The Hall–Kier alpha value is -2.11. The molecular formula is C21H32N4O2. The maximum absolute atomic E-state index is 5.89. The first-order valence-electron chi connectivity index (χ1n) is 10.0. The van der Waals surface area contributed by atoms with Crippen molar-refractivity contribution in [3.8, 4) is 0 Å². The molecule has 0 amide bonds. The van der Waals surface area contributed by atoms with Crippen molar-refractivity contribution < 1.29 is 9.47 Å². The summed E-state index contributed by atoms with van der Waals surface area (Å²) in [5.74, 6) is 2.25. The predicted octanol–water partition coefficient (Wildman–Crippen LogP) is 3.53. The second kappa shape index (κ2) is 8.28. The third-order valence-corrected chi connectivity index (χ3v) is 5.71. The van der Waals surface area contributed by atoms with Gasteiger partial charge in [0.1, 0.15) is 24.6 Å². The van der Waals surface area contributed by atoms with Gasteiger partial charge in [0.15, 0.2) is 0 Å². The van der Waals surface area contributed by atoms with Crippen molar-refractivity contribution in [3.63, 3.8) is 0 Å². The Morgan fingerprint density at radius 3 is 1.74 bits per heavy atom. The van der Waals surface area contributed by atoms with Crippen molar-refractivity contribution >= 4 is 17.5 Å². The van der Waals surface area contributed by atoms with Gasteiger partial charge < -0.3 is 14.4 Å². The number of anilines is 1. The topological polar surface area (TPSA) is 59.3 Å². The van der Waals surface area contributed by atoms with E-state index >= 15 is 0 Å². The van der Waals surface area contributed by atoms with Gasteiger partial charge in [-0.05, 0) is 24.0 Å². The van der Waals surface area contributed by atoms with Crippen LogP contribution >= 0.6 is 0 Å². The molecule has 2 aliphatic heterocycles. The highest BCUT2D eigenvalue weighted by molar-refractivity contribution is 5.98. The first-order valence-corrected chi connectivity index (χ1v) is 10.0. The predicted molar refractivity (Wildman–Crippen MR) is 110 cm³/mol. The molecule has 0 saturated heterocycles. The van der Waals surface area contributed by atoms with Crippen LogP contribution in [-0.4, -0.2) is 56.2 Å². The maximum atomic E-state index is 5.89. The number of ether oxygens (including phenoxy) is 2. The van der Waals surface area contributed by atoms with Gasteiger partial charge in [-0.25, -0.2) is 15.0 Å². The molecule has 0 aliphatic carbocycles. The fraction of sp³-hybridized carbons (Fsp3) is 0.667. The summed E-state index contributed by atoms with van der Waals surface area (Å²) in [6.45, 7) is 10.1. The fourth-order valence-electron chi connectivity index (χ4n) is 3.18. The van der Waals surface area contributed by atoms with Gasteiger partial charge in [0.25, 0.3) is 0 Å². The molecule has 2 unspecified atom stereocenters. The third-order valence-electron chi connectivity index (χ3n) is 5.71. The summed E-state index contributed by atoms with van der Waals surface area (Å²) in [4.78, 5) is 16.4. The van der Waals surface area contributed by atoms with Crippen LogP contribution < -0.4 is 4.90 Å². The van der Waals surface area contributed by atoms with E-state index < -0.39 is 0 Å². The van der Waals surface area contributed by atoms with E-state index in [0.29, 0.717) is 36.8 Å². The van der Waals surface area contributed by atoms with Gasteiger partial charge in [0.2, 0.25) is 11.8 Å². The summed E-state index contributed by atoms with van der Waals surface area (Å²) in [7, 11) is 4.03. The molecule has 0 spiro atoms. The number of aromatic nitrogens is 1. The SMILES string of the molecule is CCC(C)[C@H]1COC(c2cc(N(C)C)cc(C3=N[C@@H](C(C)CC)CO3)n2)=N1. The van der Waals surface area contributed by atoms with Gasteiger partial charge in [-0.2, -0.15) is 0 Å². The molecule has 1 aromatic rings. The van der Waals surface area contributed by atoms with E-state index in [2.05, 4.69) is 32.6 Å². The average molecular weight is 373 g/mol. The molecule has 2 aliphatic rings. The lowest BCUT2D eigenvalue weighted by Gasteiger charge is -2.15. The van der Waals surface area contributed by atoms with Crippen molar-refractivity contribution in [2.45, 2.75) is 52.6 Å².